The van der Waals surface area contributed by atoms with Crippen LogP contribution in [0.2, 0.25) is 0 Å². The van der Waals surface area contributed by atoms with E-state index in [1.54, 1.807) is 0 Å². The number of carbonyl (C=O) groups is 4. The molecule has 0 saturated carbocycles. The Kier molecular flexibility index (Phi) is 4.88. The Morgan fingerprint density at radius 1 is 0.778 bits per heavy atom. The van der Waals surface area contributed by atoms with Crippen molar-refractivity contribution < 1.29 is 39.6 Å². The molecule has 27 heavy (non-hydrogen) atoms. The molecule has 0 heterocycles. The van der Waals surface area contributed by atoms with Crippen molar-refractivity contribution in [3.05, 3.63) is 47.6 Å². The van der Waals surface area contributed by atoms with E-state index in [1.807, 2.05) is 0 Å². The summed E-state index contributed by atoms with van der Waals surface area (Å²) >= 11 is 0. The SMILES string of the molecule is CC(C)(C1(C(=O)O)C=CC=C(C(=O)O)C1)C1(C(=O)O)C=CC=C(C(=O)O)C1. The van der Waals surface area contributed by atoms with Crippen LogP contribution in [0.25, 0.3) is 0 Å². The summed E-state index contributed by atoms with van der Waals surface area (Å²) in [6.45, 7) is 2.83. The van der Waals surface area contributed by atoms with Crippen LogP contribution in [-0.4, -0.2) is 44.3 Å². The van der Waals surface area contributed by atoms with Gasteiger partial charge < -0.3 is 20.4 Å². The Hall–Kier alpha value is -3.16. The molecule has 0 aromatic carbocycles. The highest BCUT2D eigenvalue weighted by Crippen LogP contribution is 2.60. The third-order valence-electron chi connectivity index (χ3n) is 5.84. The fourth-order valence-corrected chi connectivity index (χ4v) is 3.87. The molecule has 8 nitrogen and oxygen atoms in total. The summed E-state index contributed by atoms with van der Waals surface area (Å²) in [6, 6.07) is 0. The van der Waals surface area contributed by atoms with Gasteiger partial charge in [0.05, 0.1) is 10.8 Å². The van der Waals surface area contributed by atoms with Gasteiger partial charge >= 0.3 is 23.9 Å². The van der Waals surface area contributed by atoms with Crippen molar-refractivity contribution in [1.29, 1.82) is 0 Å². The smallest absolute Gasteiger partial charge is 0.331 e. The maximum absolute atomic E-state index is 12.3. The van der Waals surface area contributed by atoms with Crippen LogP contribution in [-0.2, 0) is 19.2 Å². The van der Waals surface area contributed by atoms with E-state index in [1.165, 1.54) is 50.3 Å². The van der Waals surface area contributed by atoms with Crippen molar-refractivity contribution >= 4 is 23.9 Å². The van der Waals surface area contributed by atoms with Crippen LogP contribution in [0.15, 0.2) is 47.6 Å². The molecule has 2 rings (SSSR count). The molecule has 0 spiro atoms. The second-order valence-electron chi connectivity index (χ2n) is 7.24. The Labute approximate surface area is 154 Å². The summed E-state index contributed by atoms with van der Waals surface area (Å²) in [5.74, 6) is -5.35. The molecular formula is C19H20O8. The molecule has 0 aromatic heterocycles. The molecule has 0 bridgehead atoms. The summed E-state index contributed by atoms with van der Waals surface area (Å²) in [7, 11) is 0. The van der Waals surface area contributed by atoms with E-state index >= 15 is 0 Å². The molecule has 2 atom stereocenters. The first-order chi connectivity index (χ1) is 12.4. The molecule has 2 aliphatic rings. The third-order valence-corrected chi connectivity index (χ3v) is 5.84. The maximum Gasteiger partial charge on any atom is 0.331 e. The molecular weight excluding hydrogens is 356 g/mol. The van der Waals surface area contributed by atoms with Crippen molar-refractivity contribution in [2.75, 3.05) is 0 Å². The van der Waals surface area contributed by atoms with E-state index in [0.717, 1.165) is 0 Å². The largest absolute Gasteiger partial charge is 0.481 e. The van der Waals surface area contributed by atoms with Gasteiger partial charge in [-0.25, -0.2) is 9.59 Å². The number of hydrogen-bond acceptors (Lipinski definition) is 4. The lowest BCUT2D eigenvalue weighted by Gasteiger charge is -2.52. The van der Waals surface area contributed by atoms with E-state index < -0.39 is 53.0 Å². The van der Waals surface area contributed by atoms with Crippen LogP contribution in [0.1, 0.15) is 26.7 Å². The Balaban J connectivity index is 2.68. The van der Waals surface area contributed by atoms with Crippen LogP contribution in [0, 0.1) is 16.2 Å². The molecule has 0 radical (unpaired) electrons. The zero-order chi connectivity index (χ0) is 20.6. The zero-order valence-corrected chi connectivity index (χ0v) is 14.8. The normalized spacial score (nSPS) is 27.5. The molecule has 0 saturated heterocycles. The maximum atomic E-state index is 12.3. The number of carboxylic acid groups (broad SMARTS) is 4. The molecule has 0 amide bonds. The zero-order valence-electron chi connectivity index (χ0n) is 14.8. The number of hydrogen-bond donors (Lipinski definition) is 4. The minimum absolute atomic E-state index is 0.165. The van der Waals surface area contributed by atoms with Gasteiger partial charge in [0.15, 0.2) is 0 Å². The highest BCUT2D eigenvalue weighted by atomic mass is 16.4. The minimum atomic E-state index is -1.86. The van der Waals surface area contributed by atoms with Gasteiger partial charge in [-0.05, 0) is 12.8 Å². The number of aliphatic carboxylic acids is 4. The lowest BCUT2D eigenvalue weighted by Crippen LogP contribution is -2.57. The van der Waals surface area contributed by atoms with Gasteiger partial charge in [0, 0.05) is 16.6 Å². The van der Waals surface area contributed by atoms with Gasteiger partial charge in [-0.3, -0.25) is 9.59 Å². The van der Waals surface area contributed by atoms with Crippen molar-refractivity contribution in [2.24, 2.45) is 16.2 Å². The predicted octanol–water partition coefficient (Wildman–Crippen LogP) is 2.10. The lowest BCUT2D eigenvalue weighted by atomic mass is 9.48. The number of carboxylic acids is 4. The highest BCUT2D eigenvalue weighted by molar-refractivity contribution is 5.93. The topological polar surface area (TPSA) is 149 Å². The van der Waals surface area contributed by atoms with Crippen LogP contribution in [0.3, 0.4) is 0 Å². The van der Waals surface area contributed by atoms with Gasteiger partial charge in [0.1, 0.15) is 0 Å². The third kappa shape index (κ3) is 2.87. The van der Waals surface area contributed by atoms with E-state index in [4.69, 9.17) is 0 Å². The first kappa shape index (κ1) is 20.2. The number of allylic oxidation sites excluding steroid dienone is 4. The van der Waals surface area contributed by atoms with Crippen molar-refractivity contribution in [3.63, 3.8) is 0 Å². The first-order valence-corrected chi connectivity index (χ1v) is 8.11. The van der Waals surface area contributed by atoms with Crippen LogP contribution < -0.4 is 0 Å². The fraction of sp³-hybridized carbons (Fsp3) is 0.368. The molecule has 0 aromatic rings. The minimum Gasteiger partial charge on any atom is -0.481 e. The van der Waals surface area contributed by atoms with Gasteiger partial charge in [0.2, 0.25) is 0 Å². The van der Waals surface area contributed by atoms with Gasteiger partial charge in [0.25, 0.3) is 0 Å². The molecule has 0 fully saturated rings. The van der Waals surface area contributed by atoms with E-state index in [-0.39, 0.29) is 11.1 Å². The van der Waals surface area contributed by atoms with Crippen molar-refractivity contribution in [1.82, 2.24) is 0 Å². The molecule has 8 heteroatoms. The van der Waals surface area contributed by atoms with Gasteiger partial charge in [-0.15, -0.1) is 0 Å². The Morgan fingerprint density at radius 2 is 1.11 bits per heavy atom. The summed E-state index contributed by atoms with van der Waals surface area (Å²) in [6.07, 6.45) is 6.86. The quantitative estimate of drug-likeness (QED) is 0.550. The molecule has 0 aliphatic heterocycles. The second kappa shape index (κ2) is 6.53. The summed E-state index contributed by atoms with van der Waals surface area (Å²) in [5.41, 5.74) is -5.63. The predicted molar refractivity (Wildman–Crippen MR) is 92.9 cm³/mol. The van der Waals surface area contributed by atoms with Gasteiger partial charge in [-0.1, -0.05) is 50.3 Å². The van der Waals surface area contributed by atoms with E-state index in [2.05, 4.69) is 0 Å². The second-order valence-corrected chi connectivity index (χ2v) is 7.24. The summed E-state index contributed by atoms with van der Waals surface area (Å²) < 4.78 is 0. The molecule has 2 unspecified atom stereocenters. The van der Waals surface area contributed by atoms with Crippen molar-refractivity contribution in [2.45, 2.75) is 26.7 Å². The Morgan fingerprint density at radius 3 is 1.37 bits per heavy atom. The fourth-order valence-electron chi connectivity index (χ4n) is 3.87. The van der Waals surface area contributed by atoms with E-state index in [9.17, 15) is 39.6 Å². The number of rotatable bonds is 6. The summed E-state index contributed by atoms with van der Waals surface area (Å²) in [5, 5.41) is 38.6. The monoisotopic (exact) mass is 376 g/mol. The van der Waals surface area contributed by atoms with Crippen LogP contribution in [0.5, 0.6) is 0 Å². The first-order valence-electron chi connectivity index (χ1n) is 8.11. The molecule has 144 valence electrons. The lowest BCUT2D eigenvalue weighted by molar-refractivity contribution is -0.168. The molecule has 4 N–H and O–H groups in total. The molecule has 2 aliphatic carbocycles. The van der Waals surface area contributed by atoms with E-state index in [0.29, 0.717) is 0 Å². The van der Waals surface area contributed by atoms with Crippen LogP contribution >= 0.6 is 0 Å². The standard InChI is InChI=1S/C19H20O8/c1-17(2,18(15(24)25)7-3-5-11(9-18)13(20)21)19(16(26)27)8-4-6-12(10-19)14(22)23/h3-8H,9-10H2,1-2H3,(H,20,21)(H,22,23)(H,24,25)(H,26,27). The Bertz CT molecular complexity index is 774. The summed E-state index contributed by atoms with van der Waals surface area (Å²) in [4.78, 5) is 47.4. The van der Waals surface area contributed by atoms with Gasteiger partial charge in [-0.2, -0.15) is 0 Å². The van der Waals surface area contributed by atoms with Crippen LogP contribution in [0.4, 0.5) is 0 Å². The average molecular weight is 376 g/mol. The average Bonchev–Trinajstić information content (AvgIpc) is 2.60. The highest BCUT2D eigenvalue weighted by Gasteiger charge is 2.63. The van der Waals surface area contributed by atoms with Crippen molar-refractivity contribution in [3.8, 4) is 0 Å².